The summed E-state index contributed by atoms with van der Waals surface area (Å²) in [5.74, 6) is -0.972. The topological polar surface area (TPSA) is 206 Å². The minimum Gasteiger partial charge on any atom is -0.390 e. The Morgan fingerprint density at radius 1 is 0.532 bits per heavy atom. The summed E-state index contributed by atoms with van der Waals surface area (Å²) in [4.78, 5) is 91.2. The first-order valence-corrected chi connectivity index (χ1v) is 27.8. The van der Waals surface area contributed by atoms with Crippen molar-refractivity contribution < 1.29 is 43.8 Å². The van der Waals surface area contributed by atoms with Crippen LogP contribution in [-0.4, -0.2) is 106 Å². The highest BCUT2D eigenvalue weighted by Gasteiger charge is 2.43. The van der Waals surface area contributed by atoms with Crippen LogP contribution < -0.4 is 25.8 Å². The van der Waals surface area contributed by atoms with E-state index in [1.165, 1.54) is 16.0 Å². The van der Waals surface area contributed by atoms with Crippen LogP contribution >= 0.6 is 0 Å². The number of hydrogen-bond donors (Lipinski definition) is 5. The number of piperidine rings is 4. The summed E-state index contributed by atoms with van der Waals surface area (Å²) >= 11 is 0. The van der Waals surface area contributed by atoms with Crippen LogP contribution in [-0.2, 0) is 38.6 Å². The molecule has 12 rings (SSSR count). The van der Waals surface area contributed by atoms with Gasteiger partial charge in [0.15, 0.2) is 0 Å². The lowest BCUT2D eigenvalue weighted by atomic mass is 9.83. The molecule has 0 radical (unpaired) electrons. The maximum absolute atomic E-state index is 13.4. The largest absolute Gasteiger partial charge is 0.390 e. The van der Waals surface area contributed by atoms with Crippen molar-refractivity contribution in [3.63, 3.8) is 0 Å². The molecular weight excluding hydrogens is 997 g/mol. The molecule has 5 N–H and O–H groups in total. The maximum atomic E-state index is 13.4. The van der Waals surface area contributed by atoms with Gasteiger partial charge < -0.3 is 15.5 Å². The van der Waals surface area contributed by atoms with Crippen molar-refractivity contribution in [1.29, 1.82) is 0 Å². The molecule has 0 bridgehead atoms. The zero-order valence-corrected chi connectivity index (χ0v) is 45.5. The molecule has 15 nitrogen and oxygen atoms in total. The van der Waals surface area contributed by atoms with Crippen LogP contribution in [0.15, 0.2) is 109 Å². The number of imide groups is 2. The van der Waals surface area contributed by atoms with E-state index in [4.69, 9.17) is 0 Å². The summed E-state index contributed by atoms with van der Waals surface area (Å²) in [6.45, 7) is 12.7. The van der Waals surface area contributed by atoms with E-state index < -0.39 is 35.1 Å². The molecule has 6 aromatic carbocycles. The second-order valence-corrected chi connectivity index (χ2v) is 23.1. The van der Waals surface area contributed by atoms with Crippen LogP contribution in [0.4, 0.5) is 11.4 Å². The summed E-state index contributed by atoms with van der Waals surface area (Å²) < 4.78 is 0. The van der Waals surface area contributed by atoms with Gasteiger partial charge in [-0.05, 0) is 180 Å². The van der Waals surface area contributed by atoms with Gasteiger partial charge in [-0.2, -0.15) is 0 Å². The van der Waals surface area contributed by atoms with Crippen molar-refractivity contribution in [1.82, 2.24) is 20.9 Å². The maximum Gasteiger partial charge on any atom is 0.259 e. The van der Waals surface area contributed by atoms with E-state index in [0.29, 0.717) is 53.5 Å². The number of nitrogens with zero attached hydrogens (tertiary/aromatic N) is 3. The number of carbonyl (C=O) groups is 7. The second-order valence-electron chi connectivity index (χ2n) is 23.1. The molecular formula is C64H70N6O9. The van der Waals surface area contributed by atoms with E-state index in [1.807, 2.05) is 88.4 Å². The van der Waals surface area contributed by atoms with Crippen LogP contribution in [0, 0.1) is 11.8 Å². The third kappa shape index (κ3) is 11.7. The molecule has 2 unspecified atom stereocenters. The monoisotopic (exact) mass is 1070 g/mol. The van der Waals surface area contributed by atoms with Gasteiger partial charge in [0.25, 0.3) is 11.8 Å². The Hall–Kier alpha value is -7.43. The Bertz CT molecular complexity index is 3350. The SMILES string of the molecule is CC(C)(O)C1CCN(Cc2ccc(Cc3ccc4c5c(cccc35)C(=O)N4C3CCC(=O)NC3=O)cc2)CC1.CC(C)(O)C1CCNCC1.O=Cc1ccc(Cc2ccc3c4c(cccc24)C(=O)N3C2CCC(=O)NC2=O)cc1. The van der Waals surface area contributed by atoms with Gasteiger partial charge in [0.1, 0.15) is 18.4 Å². The van der Waals surface area contributed by atoms with Crippen LogP contribution in [0.3, 0.4) is 0 Å². The molecule has 0 aromatic heterocycles. The summed E-state index contributed by atoms with van der Waals surface area (Å²) in [6.07, 6.45) is 7.59. The van der Waals surface area contributed by atoms with Crippen molar-refractivity contribution in [2.24, 2.45) is 11.8 Å². The minimum atomic E-state index is -0.687. The number of rotatable bonds is 11. The molecule has 6 aliphatic rings. The molecule has 6 aromatic rings. The molecule has 410 valence electrons. The third-order valence-corrected chi connectivity index (χ3v) is 16.9. The number of benzene rings is 6. The number of aldehydes is 1. The highest BCUT2D eigenvalue weighted by Crippen LogP contribution is 2.43. The molecule has 6 aliphatic heterocycles. The van der Waals surface area contributed by atoms with Gasteiger partial charge in [0.2, 0.25) is 23.6 Å². The Labute approximate surface area is 460 Å². The van der Waals surface area contributed by atoms with Gasteiger partial charge in [-0.1, -0.05) is 84.9 Å². The number of amides is 6. The summed E-state index contributed by atoms with van der Waals surface area (Å²) in [5.41, 5.74) is 7.93. The van der Waals surface area contributed by atoms with Crippen LogP contribution in [0.2, 0.25) is 0 Å². The highest BCUT2D eigenvalue weighted by atomic mass is 16.3. The van der Waals surface area contributed by atoms with E-state index in [1.54, 1.807) is 23.1 Å². The molecule has 6 amide bonds. The molecule has 15 heteroatoms. The smallest absolute Gasteiger partial charge is 0.259 e. The van der Waals surface area contributed by atoms with Gasteiger partial charge in [0, 0.05) is 46.8 Å². The standard InChI is InChI=1S/C32H35N3O4.C24H18N2O4.C8H17NO/c1-32(2,39)23-14-16-34(17-15-23)19-21-8-6-20(7-9-21)18-22-10-11-26-29-24(22)4-3-5-25(29)31(38)35(26)27-12-13-28(36)33-30(27)37;27-13-15-6-4-14(5-7-15)12-16-8-9-19-22-17(16)2-1-3-18(22)24(30)26(19)20-10-11-21(28)25-23(20)29;1-8(2,10)7-3-5-9-6-4-7/h3-11,23,27,39H,12-19H2,1-2H3,(H,33,36,37);1-9,13,20H,10-12H2,(H,25,28,29);7,9-10H,3-6H2,1-2H3. The van der Waals surface area contributed by atoms with Crippen molar-refractivity contribution >= 4 is 74.6 Å². The lowest BCUT2D eigenvalue weighted by Crippen LogP contribution is -2.53. The summed E-state index contributed by atoms with van der Waals surface area (Å²) in [5, 5.41) is 31.6. The van der Waals surface area contributed by atoms with Gasteiger partial charge in [-0.15, -0.1) is 0 Å². The van der Waals surface area contributed by atoms with E-state index in [0.717, 1.165) is 115 Å². The van der Waals surface area contributed by atoms with Gasteiger partial charge in [-0.3, -0.25) is 58.9 Å². The Balaban J connectivity index is 0.000000155. The third-order valence-electron chi connectivity index (χ3n) is 16.9. The Morgan fingerprint density at radius 3 is 1.38 bits per heavy atom. The average Bonchev–Trinajstić information content (AvgIpc) is 3.81. The molecule has 0 spiro atoms. The second kappa shape index (κ2) is 22.7. The molecule has 6 heterocycles. The number of aliphatic hydroxyl groups is 2. The van der Waals surface area contributed by atoms with Crippen LogP contribution in [0.1, 0.15) is 138 Å². The molecule has 0 aliphatic carbocycles. The quantitative estimate of drug-likeness (QED) is 0.0622. The number of anilines is 2. The summed E-state index contributed by atoms with van der Waals surface area (Å²) in [7, 11) is 0. The van der Waals surface area contributed by atoms with Crippen molar-refractivity contribution in [3.05, 3.63) is 154 Å². The molecule has 2 atom stereocenters. The number of hydrogen-bond acceptors (Lipinski definition) is 11. The van der Waals surface area contributed by atoms with E-state index in [-0.39, 0.29) is 36.5 Å². The lowest BCUT2D eigenvalue weighted by Gasteiger charge is -2.37. The number of likely N-dealkylation sites (tertiary alicyclic amines) is 1. The van der Waals surface area contributed by atoms with E-state index >= 15 is 0 Å². The average molecular weight is 1070 g/mol. The fourth-order valence-electron chi connectivity index (χ4n) is 12.4. The zero-order valence-electron chi connectivity index (χ0n) is 45.5. The first-order valence-electron chi connectivity index (χ1n) is 27.8. The first kappa shape index (κ1) is 54.9. The predicted molar refractivity (Wildman–Crippen MR) is 304 cm³/mol. The molecule has 4 fully saturated rings. The van der Waals surface area contributed by atoms with Gasteiger partial charge in [0.05, 0.1) is 22.6 Å². The normalized spacial score (nSPS) is 20.0. The fraction of sp³-hybridized carbons (Fsp3) is 0.391. The van der Waals surface area contributed by atoms with E-state index in [2.05, 4.69) is 51.2 Å². The predicted octanol–water partition coefficient (Wildman–Crippen LogP) is 7.94. The molecule has 4 saturated heterocycles. The zero-order chi connectivity index (χ0) is 55.8. The number of carbonyl (C=O) groups excluding carboxylic acids is 7. The van der Waals surface area contributed by atoms with Crippen molar-refractivity contribution in [2.45, 2.75) is 122 Å². The van der Waals surface area contributed by atoms with Gasteiger partial charge >= 0.3 is 0 Å². The minimum absolute atomic E-state index is 0.182. The highest BCUT2D eigenvalue weighted by molar-refractivity contribution is 6.28. The van der Waals surface area contributed by atoms with Crippen LogP contribution in [0.5, 0.6) is 0 Å². The first-order chi connectivity index (χ1) is 37.9. The Kier molecular flexibility index (Phi) is 15.8. The molecule has 79 heavy (non-hydrogen) atoms. The summed E-state index contributed by atoms with van der Waals surface area (Å²) in [6, 6.07) is 34.1. The van der Waals surface area contributed by atoms with Crippen molar-refractivity contribution in [2.75, 3.05) is 36.0 Å². The van der Waals surface area contributed by atoms with E-state index in [9.17, 15) is 43.8 Å². The van der Waals surface area contributed by atoms with Crippen molar-refractivity contribution in [3.8, 4) is 0 Å². The van der Waals surface area contributed by atoms with Gasteiger partial charge in [-0.25, -0.2) is 0 Å². The fourth-order valence-corrected chi connectivity index (χ4v) is 12.4. The van der Waals surface area contributed by atoms with Crippen LogP contribution in [0.25, 0.3) is 21.5 Å². The number of nitrogens with one attached hydrogen (secondary N) is 3. The molecule has 0 saturated carbocycles. The lowest BCUT2D eigenvalue weighted by molar-refractivity contribution is -0.135. The Morgan fingerprint density at radius 2 is 0.962 bits per heavy atom.